The number of fused-ring (bicyclic) bond motifs is 6. The van der Waals surface area contributed by atoms with Gasteiger partial charge in [0, 0.05) is 40.8 Å². The predicted octanol–water partition coefficient (Wildman–Crippen LogP) is 4.78. The van der Waals surface area contributed by atoms with Gasteiger partial charge in [0.15, 0.2) is 17.8 Å². The number of nitrogens with zero attached hydrogens (tertiary/aromatic N) is 2. The van der Waals surface area contributed by atoms with Gasteiger partial charge >= 0.3 is 0 Å². The average molecular weight is 438 g/mol. The highest BCUT2D eigenvalue weighted by Crippen LogP contribution is 2.50. The SMILES string of the molecule is O=C1C2=C(C(=O)c3ccccc31)C1CC(O2)N(Cc2ccccc2[N+](=O)[O-])c2ccccc21. The summed E-state index contributed by atoms with van der Waals surface area (Å²) in [5, 5.41) is 11.6. The molecule has 6 rings (SSSR count). The van der Waals surface area contributed by atoms with E-state index >= 15 is 0 Å². The van der Waals surface area contributed by atoms with Gasteiger partial charge in [-0.05, 0) is 11.6 Å². The lowest BCUT2D eigenvalue weighted by Crippen LogP contribution is -2.47. The molecule has 0 N–H and O–H groups in total. The van der Waals surface area contributed by atoms with E-state index in [1.807, 2.05) is 29.2 Å². The van der Waals surface area contributed by atoms with E-state index in [0.717, 1.165) is 11.3 Å². The van der Waals surface area contributed by atoms with Crippen molar-refractivity contribution in [3.63, 3.8) is 0 Å². The van der Waals surface area contributed by atoms with Crippen molar-refractivity contribution in [2.24, 2.45) is 0 Å². The number of ether oxygens (including phenoxy) is 1. The highest BCUT2D eigenvalue weighted by atomic mass is 16.6. The third kappa shape index (κ3) is 2.82. The summed E-state index contributed by atoms with van der Waals surface area (Å²) < 4.78 is 6.21. The van der Waals surface area contributed by atoms with Gasteiger partial charge < -0.3 is 9.64 Å². The van der Waals surface area contributed by atoms with Gasteiger partial charge in [0.05, 0.1) is 17.0 Å². The second-order valence-electron chi connectivity index (χ2n) is 8.38. The van der Waals surface area contributed by atoms with Crippen LogP contribution in [0.15, 0.2) is 84.1 Å². The molecule has 162 valence electrons. The molecule has 3 aromatic rings. The molecule has 33 heavy (non-hydrogen) atoms. The van der Waals surface area contributed by atoms with Gasteiger partial charge in [0.25, 0.3) is 5.69 Å². The zero-order valence-corrected chi connectivity index (χ0v) is 17.4. The molecule has 3 aromatic carbocycles. The normalized spacial score (nSPS) is 20.5. The Balaban J connectivity index is 1.48. The molecule has 1 aliphatic carbocycles. The number of carbonyl (C=O) groups excluding carboxylic acids is 2. The van der Waals surface area contributed by atoms with Crippen molar-refractivity contribution >= 4 is 22.9 Å². The summed E-state index contributed by atoms with van der Waals surface area (Å²) in [4.78, 5) is 39.9. The standard InChI is InChI=1S/C26H18N2O5/c29-24-17-9-2-3-10-18(17)25(30)26-23(24)19-13-22(33-26)27(21-12-6-4-8-16(19)21)14-15-7-1-5-11-20(15)28(31)32/h1-12,19,22H,13-14H2. The average Bonchev–Trinajstić information content (AvgIpc) is 2.85. The lowest BCUT2D eigenvalue weighted by molar-refractivity contribution is -0.385. The van der Waals surface area contributed by atoms with Gasteiger partial charge in [-0.2, -0.15) is 0 Å². The number of ketones is 2. The van der Waals surface area contributed by atoms with Crippen molar-refractivity contribution in [2.75, 3.05) is 4.90 Å². The van der Waals surface area contributed by atoms with E-state index in [1.54, 1.807) is 42.5 Å². The first-order valence-corrected chi connectivity index (χ1v) is 10.7. The number of hydrogen-bond donors (Lipinski definition) is 0. The number of benzene rings is 3. The molecule has 3 aliphatic rings. The van der Waals surface area contributed by atoms with E-state index < -0.39 is 11.2 Å². The molecule has 0 saturated heterocycles. The monoisotopic (exact) mass is 438 g/mol. The minimum Gasteiger partial charge on any atom is -0.466 e. The summed E-state index contributed by atoms with van der Waals surface area (Å²) in [6, 6.07) is 21.1. The molecule has 2 atom stereocenters. The molecule has 0 amide bonds. The van der Waals surface area contributed by atoms with Gasteiger partial charge in [-0.25, -0.2) is 0 Å². The first kappa shape index (κ1) is 19.4. The predicted molar refractivity (Wildman–Crippen MR) is 120 cm³/mol. The van der Waals surface area contributed by atoms with Crippen molar-refractivity contribution < 1.29 is 19.2 Å². The van der Waals surface area contributed by atoms with E-state index in [4.69, 9.17) is 4.74 Å². The number of rotatable bonds is 3. The van der Waals surface area contributed by atoms with Crippen LogP contribution in [0.3, 0.4) is 0 Å². The van der Waals surface area contributed by atoms with Gasteiger partial charge in [-0.15, -0.1) is 0 Å². The minimum atomic E-state index is -0.523. The molecule has 0 fully saturated rings. The second kappa shape index (κ2) is 7.13. The lowest BCUT2D eigenvalue weighted by atomic mass is 9.74. The molecule has 7 nitrogen and oxygen atoms in total. The number of para-hydroxylation sites is 2. The topological polar surface area (TPSA) is 89.8 Å². The Hall–Kier alpha value is -4.26. The number of Topliss-reactive ketones (excluding diaryl/α,β-unsaturated/α-hetero) is 2. The van der Waals surface area contributed by atoms with Crippen LogP contribution in [0.2, 0.25) is 0 Å². The molecule has 2 aliphatic heterocycles. The lowest BCUT2D eigenvalue weighted by Gasteiger charge is -2.46. The number of nitro benzene ring substituents is 1. The summed E-state index contributed by atoms with van der Waals surface area (Å²) in [7, 11) is 0. The van der Waals surface area contributed by atoms with E-state index in [1.165, 1.54) is 6.07 Å². The van der Waals surface area contributed by atoms with Crippen LogP contribution in [0.1, 0.15) is 44.2 Å². The zero-order valence-electron chi connectivity index (χ0n) is 17.4. The smallest absolute Gasteiger partial charge is 0.274 e. The van der Waals surface area contributed by atoms with Crippen molar-refractivity contribution in [3.05, 3.63) is 116 Å². The Morgan fingerprint density at radius 3 is 2.36 bits per heavy atom. The first-order chi connectivity index (χ1) is 16.0. The Kier molecular flexibility index (Phi) is 4.20. The van der Waals surface area contributed by atoms with Crippen LogP contribution in [0.25, 0.3) is 0 Å². The van der Waals surface area contributed by atoms with E-state index in [2.05, 4.69) is 0 Å². The molecule has 0 aromatic heterocycles. The largest absolute Gasteiger partial charge is 0.466 e. The molecule has 7 heteroatoms. The summed E-state index contributed by atoms with van der Waals surface area (Å²) in [5.41, 5.74) is 3.52. The Bertz CT molecular complexity index is 1390. The zero-order chi connectivity index (χ0) is 22.7. The van der Waals surface area contributed by atoms with Gasteiger partial charge in [0.2, 0.25) is 5.78 Å². The molecule has 0 saturated carbocycles. The molecule has 2 heterocycles. The van der Waals surface area contributed by atoms with Crippen LogP contribution in [0, 0.1) is 10.1 Å². The molecule has 0 radical (unpaired) electrons. The van der Waals surface area contributed by atoms with E-state index in [9.17, 15) is 19.7 Å². The van der Waals surface area contributed by atoms with Crippen molar-refractivity contribution in [1.82, 2.24) is 0 Å². The maximum atomic E-state index is 13.4. The number of carbonyl (C=O) groups is 2. The Morgan fingerprint density at radius 2 is 1.58 bits per heavy atom. The third-order valence-electron chi connectivity index (χ3n) is 6.65. The van der Waals surface area contributed by atoms with Crippen LogP contribution in [-0.4, -0.2) is 22.7 Å². The highest BCUT2D eigenvalue weighted by Gasteiger charge is 2.48. The fourth-order valence-electron chi connectivity index (χ4n) is 5.17. The fraction of sp³-hybridized carbons (Fsp3) is 0.154. The Morgan fingerprint density at radius 1 is 0.909 bits per heavy atom. The van der Waals surface area contributed by atoms with E-state index in [0.29, 0.717) is 28.7 Å². The highest BCUT2D eigenvalue weighted by molar-refractivity contribution is 6.26. The van der Waals surface area contributed by atoms with Gasteiger partial charge in [-0.3, -0.25) is 19.7 Å². The quantitative estimate of drug-likeness (QED) is 0.432. The molecule has 2 bridgehead atoms. The molecular weight excluding hydrogens is 420 g/mol. The molecule has 2 unspecified atom stereocenters. The summed E-state index contributed by atoms with van der Waals surface area (Å²) >= 11 is 0. The number of allylic oxidation sites excluding steroid dienone is 2. The third-order valence-corrected chi connectivity index (χ3v) is 6.65. The molecule has 0 spiro atoms. The maximum Gasteiger partial charge on any atom is 0.274 e. The number of anilines is 1. The van der Waals surface area contributed by atoms with Crippen LogP contribution < -0.4 is 4.90 Å². The van der Waals surface area contributed by atoms with Crippen molar-refractivity contribution in [2.45, 2.75) is 25.1 Å². The summed E-state index contributed by atoms with van der Waals surface area (Å²) in [6.07, 6.45) is -0.0389. The summed E-state index contributed by atoms with van der Waals surface area (Å²) in [5.74, 6) is -0.644. The van der Waals surface area contributed by atoms with Crippen molar-refractivity contribution in [3.8, 4) is 0 Å². The summed E-state index contributed by atoms with van der Waals surface area (Å²) in [6.45, 7) is 0.243. The number of nitro groups is 1. The fourth-order valence-corrected chi connectivity index (χ4v) is 5.17. The first-order valence-electron chi connectivity index (χ1n) is 10.7. The van der Waals surface area contributed by atoms with Crippen LogP contribution in [0.5, 0.6) is 0 Å². The van der Waals surface area contributed by atoms with Crippen LogP contribution in [-0.2, 0) is 11.3 Å². The Labute approximate surface area is 189 Å². The van der Waals surface area contributed by atoms with Gasteiger partial charge in [0.1, 0.15) is 0 Å². The van der Waals surface area contributed by atoms with Crippen molar-refractivity contribution in [1.29, 1.82) is 0 Å². The van der Waals surface area contributed by atoms with Gasteiger partial charge in [-0.1, -0.05) is 60.7 Å². The minimum absolute atomic E-state index is 0.0330. The van der Waals surface area contributed by atoms with Crippen LogP contribution >= 0.6 is 0 Å². The second-order valence-corrected chi connectivity index (χ2v) is 8.38. The maximum absolute atomic E-state index is 13.4. The number of hydrogen-bond acceptors (Lipinski definition) is 6. The van der Waals surface area contributed by atoms with Crippen LogP contribution in [0.4, 0.5) is 11.4 Å². The van der Waals surface area contributed by atoms with E-state index in [-0.39, 0.29) is 35.5 Å². The molecular formula is C26H18N2O5.